The quantitative estimate of drug-likeness (QED) is 0.520. The van der Waals surface area contributed by atoms with Gasteiger partial charge in [0.15, 0.2) is 5.78 Å². The Hall–Kier alpha value is -2.85. The van der Waals surface area contributed by atoms with E-state index in [2.05, 4.69) is 12.2 Å². The zero-order valence-corrected chi connectivity index (χ0v) is 16.7. The molecule has 0 fully saturated rings. The summed E-state index contributed by atoms with van der Waals surface area (Å²) in [5, 5.41) is 2.86. The molecule has 0 atom stereocenters. The number of anilines is 1. The van der Waals surface area contributed by atoms with Gasteiger partial charge in [0.1, 0.15) is 0 Å². The number of Topliss-reactive ketones (excluding diaryl/α,β-unsaturated/α-hetero) is 1. The van der Waals surface area contributed by atoms with Crippen molar-refractivity contribution in [2.24, 2.45) is 0 Å². The molecule has 4 heteroatoms. The van der Waals surface area contributed by atoms with Crippen molar-refractivity contribution in [2.75, 3.05) is 16.8 Å². The number of benzene rings is 3. The molecule has 3 rings (SSSR count). The Balaban J connectivity index is 1.46. The fraction of sp³-hybridized carbons (Fsp3) is 0.167. The maximum absolute atomic E-state index is 12.4. The largest absolute Gasteiger partial charge is 0.325 e. The highest BCUT2D eigenvalue weighted by molar-refractivity contribution is 8.00. The molecule has 3 nitrogen and oxygen atoms in total. The van der Waals surface area contributed by atoms with Crippen molar-refractivity contribution in [2.45, 2.75) is 13.3 Å². The van der Waals surface area contributed by atoms with E-state index in [1.165, 1.54) is 17.3 Å². The number of thioether (sulfide) groups is 1. The van der Waals surface area contributed by atoms with Crippen LogP contribution < -0.4 is 5.32 Å². The predicted octanol–water partition coefficient (Wildman–Crippen LogP) is 5.47. The predicted molar refractivity (Wildman–Crippen MR) is 118 cm³/mol. The van der Waals surface area contributed by atoms with Crippen molar-refractivity contribution in [3.8, 4) is 11.1 Å². The van der Waals surface area contributed by atoms with Crippen LogP contribution in [-0.2, 0) is 11.2 Å². The summed E-state index contributed by atoms with van der Waals surface area (Å²) in [6.07, 6.45) is 0.971. The second kappa shape index (κ2) is 9.90. The number of carbonyl (C=O) groups excluding carboxylic acids is 2. The third-order valence-electron chi connectivity index (χ3n) is 4.43. The van der Waals surface area contributed by atoms with E-state index >= 15 is 0 Å². The number of hydrogen-bond acceptors (Lipinski definition) is 3. The van der Waals surface area contributed by atoms with E-state index in [4.69, 9.17) is 0 Å². The summed E-state index contributed by atoms with van der Waals surface area (Å²) in [4.78, 5) is 24.4. The zero-order valence-electron chi connectivity index (χ0n) is 15.9. The lowest BCUT2D eigenvalue weighted by Gasteiger charge is -2.06. The molecule has 0 aliphatic carbocycles. The first-order valence-electron chi connectivity index (χ1n) is 9.31. The summed E-state index contributed by atoms with van der Waals surface area (Å²) in [6, 6.07) is 25.5. The van der Waals surface area contributed by atoms with E-state index in [0.29, 0.717) is 5.56 Å². The first-order chi connectivity index (χ1) is 13.7. The summed E-state index contributed by atoms with van der Waals surface area (Å²) < 4.78 is 0. The van der Waals surface area contributed by atoms with Crippen LogP contribution in [0.4, 0.5) is 5.69 Å². The Morgan fingerprint density at radius 1 is 0.786 bits per heavy atom. The van der Waals surface area contributed by atoms with Crippen LogP contribution in [0.2, 0.25) is 0 Å². The highest BCUT2D eigenvalue weighted by Crippen LogP contribution is 2.20. The van der Waals surface area contributed by atoms with Gasteiger partial charge < -0.3 is 5.32 Å². The van der Waals surface area contributed by atoms with E-state index in [-0.39, 0.29) is 23.2 Å². The van der Waals surface area contributed by atoms with E-state index in [0.717, 1.165) is 23.2 Å². The van der Waals surface area contributed by atoms with Crippen molar-refractivity contribution < 1.29 is 9.59 Å². The van der Waals surface area contributed by atoms with E-state index in [1.54, 1.807) is 0 Å². The van der Waals surface area contributed by atoms with Crippen LogP contribution in [0.1, 0.15) is 22.8 Å². The minimum atomic E-state index is -0.0959. The molecule has 0 spiro atoms. The Morgan fingerprint density at radius 3 is 2.07 bits per heavy atom. The van der Waals surface area contributed by atoms with Gasteiger partial charge in [-0.05, 0) is 35.2 Å². The number of amides is 1. The lowest BCUT2D eigenvalue weighted by Crippen LogP contribution is -2.15. The highest BCUT2D eigenvalue weighted by atomic mass is 32.2. The first-order valence-corrected chi connectivity index (χ1v) is 10.5. The molecule has 3 aromatic carbocycles. The van der Waals surface area contributed by atoms with Crippen LogP contribution >= 0.6 is 11.8 Å². The molecule has 142 valence electrons. The van der Waals surface area contributed by atoms with Crippen LogP contribution in [0.25, 0.3) is 11.1 Å². The van der Waals surface area contributed by atoms with E-state index in [9.17, 15) is 9.59 Å². The second-order valence-corrected chi connectivity index (χ2v) is 7.44. The summed E-state index contributed by atoms with van der Waals surface area (Å²) in [6.45, 7) is 2.09. The third kappa shape index (κ3) is 5.57. The van der Waals surface area contributed by atoms with Crippen molar-refractivity contribution in [1.29, 1.82) is 0 Å². The Bertz CT molecular complexity index is 919. The van der Waals surface area contributed by atoms with Crippen LogP contribution in [0, 0.1) is 0 Å². The van der Waals surface area contributed by atoms with Gasteiger partial charge in [0.05, 0.1) is 11.5 Å². The average Bonchev–Trinajstić information content (AvgIpc) is 2.75. The maximum atomic E-state index is 12.4. The number of carbonyl (C=O) groups is 2. The van der Waals surface area contributed by atoms with Gasteiger partial charge in [0.2, 0.25) is 5.91 Å². The van der Waals surface area contributed by atoms with Crippen LogP contribution in [0.5, 0.6) is 0 Å². The number of nitrogens with one attached hydrogen (secondary N) is 1. The minimum Gasteiger partial charge on any atom is -0.325 e. The van der Waals surface area contributed by atoms with Gasteiger partial charge in [0, 0.05) is 11.3 Å². The molecular formula is C24H23NO2S. The Labute approximate surface area is 170 Å². The fourth-order valence-electron chi connectivity index (χ4n) is 2.82. The molecule has 0 aromatic heterocycles. The van der Waals surface area contributed by atoms with Gasteiger partial charge in [-0.3, -0.25) is 9.59 Å². The van der Waals surface area contributed by atoms with Crippen molar-refractivity contribution in [1.82, 2.24) is 0 Å². The van der Waals surface area contributed by atoms with Crippen molar-refractivity contribution >= 4 is 29.1 Å². The maximum Gasteiger partial charge on any atom is 0.234 e. The summed E-state index contributed by atoms with van der Waals surface area (Å²) in [5.41, 5.74) is 4.89. The lowest BCUT2D eigenvalue weighted by molar-refractivity contribution is -0.113. The van der Waals surface area contributed by atoms with Gasteiger partial charge in [-0.1, -0.05) is 73.7 Å². The van der Waals surface area contributed by atoms with Gasteiger partial charge >= 0.3 is 0 Å². The van der Waals surface area contributed by atoms with Crippen LogP contribution in [0.15, 0.2) is 78.9 Å². The van der Waals surface area contributed by atoms with Crippen molar-refractivity contribution in [3.63, 3.8) is 0 Å². The Kier molecular flexibility index (Phi) is 7.04. The highest BCUT2D eigenvalue weighted by Gasteiger charge is 2.09. The van der Waals surface area contributed by atoms with Gasteiger partial charge in [-0.25, -0.2) is 0 Å². The number of rotatable bonds is 8. The topological polar surface area (TPSA) is 46.2 Å². The summed E-state index contributed by atoms with van der Waals surface area (Å²) in [5.74, 6) is 0.474. The van der Waals surface area contributed by atoms with E-state index in [1.807, 2.05) is 78.9 Å². The Morgan fingerprint density at radius 2 is 1.43 bits per heavy atom. The number of ketones is 1. The second-order valence-electron chi connectivity index (χ2n) is 6.46. The summed E-state index contributed by atoms with van der Waals surface area (Å²) >= 11 is 1.33. The first kappa shape index (κ1) is 19.9. The molecule has 0 heterocycles. The van der Waals surface area contributed by atoms with Gasteiger partial charge in [-0.2, -0.15) is 0 Å². The molecule has 0 aliphatic heterocycles. The molecule has 0 bridgehead atoms. The van der Waals surface area contributed by atoms with Gasteiger partial charge in [-0.15, -0.1) is 11.8 Å². The lowest BCUT2D eigenvalue weighted by atomic mass is 10.0. The number of hydrogen-bond donors (Lipinski definition) is 1. The summed E-state index contributed by atoms with van der Waals surface area (Å²) in [7, 11) is 0. The molecular weight excluding hydrogens is 366 g/mol. The smallest absolute Gasteiger partial charge is 0.234 e. The van der Waals surface area contributed by atoms with Gasteiger partial charge in [0.25, 0.3) is 0 Å². The molecule has 1 N–H and O–H groups in total. The van der Waals surface area contributed by atoms with Crippen molar-refractivity contribution in [3.05, 3.63) is 90.0 Å². The molecule has 0 aliphatic rings. The SMILES string of the molecule is CCc1ccc(NC(=O)CSCC(=O)c2ccc(-c3ccccc3)cc2)cc1. The molecule has 0 radical (unpaired) electrons. The zero-order chi connectivity index (χ0) is 19.8. The molecule has 1 amide bonds. The third-order valence-corrected chi connectivity index (χ3v) is 5.36. The van der Waals surface area contributed by atoms with Crippen LogP contribution in [-0.4, -0.2) is 23.2 Å². The molecule has 0 saturated heterocycles. The minimum absolute atomic E-state index is 0.0321. The standard InChI is InChI=1S/C24H23NO2S/c1-2-18-8-14-22(15-9-18)25-24(27)17-28-16-23(26)21-12-10-20(11-13-21)19-6-4-3-5-7-19/h3-15H,2,16-17H2,1H3,(H,25,27). The number of aryl methyl sites for hydroxylation is 1. The average molecular weight is 390 g/mol. The fourth-order valence-corrected chi connectivity index (χ4v) is 3.53. The monoisotopic (exact) mass is 389 g/mol. The normalized spacial score (nSPS) is 10.5. The molecule has 0 saturated carbocycles. The van der Waals surface area contributed by atoms with Crippen LogP contribution in [0.3, 0.4) is 0 Å². The molecule has 28 heavy (non-hydrogen) atoms. The molecule has 0 unspecified atom stereocenters. The van der Waals surface area contributed by atoms with E-state index < -0.39 is 0 Å². The molecule has 3 aromatic rings.